The monoisotopic (exact) mass is 288 g/mol. The molecule has 7 heteroatoms. The lowest BCUT2D eigenvalue weighted by atomic mass is 10.2. The molecule has 2 heterocycles. The predicted octanol–water partition coefficient (Wildman–Crippen LogP) is 2.17. The molecule has 3 aromatic rings. The summed E-state index contributed by atoms with van der Waals surface area (Å²) in [6, 6.07) is 6.65. The highest BCUT2D eigenvalue weighted by Gasteiger charge is 2.08. The summed E-state index contributed by atoms with van der Waals surface area (Å²) in [5.41, 5.74) is 1.42. The van der Waals surface area contributed by atoms with Crippen LogP contribution in [0.4, 0.5) is 8.78 Å². The molecule has 0 atom stereocenters. The van der Waals surface area contributed by atoms with Gasteiger partial charge in [-0.15, -0.1) is 0 Å². The highest BCUT2D eigenvalue weighted by atomic mass is 19.1. The molecule has 1 amide bonds. The van der Waals surface area contributed by atoms with E-state index in [0.29, 0.717) is 16.9 Å². The Bertz CT molecular complexity index is 798. The Morgan fingerprint density at radius 1 is 1.24 bits per heavy atom. The van der Waals surface area contributed by atoms with Gasteiger partial charge in [0.15, 0.2) is 0 Å². The molecule has 0 saturated carbocycles. The summed E-state index contributed by atoms with van der Waals surface area (Å²) in [4.78, 5) is 22.4. The quantitative estimate of drug-likeness (QED) is 0.726. The minimum absolute atomic E-state index is 0.145. The molecule has 106 valence electrons. The van der Waals surface area contributed by atoms with E-state index in [2.05, 4.69) is 20.3 Å². The SMILES string of the molecule is O=C(NCc1nc2ccc(F)cc2[nH]1)c1ccc(F)nc1. The number of aromatic amines is 1. The van der Waals surface area contributed by atoms with E-state index in [0.717, 1.165) is 12.3 Å². The van der Waals surface area contributed by atoms with Gasteiger partial charge in [-0.3, -0.25) is 4.79 Å². The molecule has 0 aliphatic heterocycles. The lowest BCUT2D eigenvalue weighted by Gasteiger charge is -2.02. The number of fused-ring (bicyclic) bond motifs is 1. The van der Waals surface area contributed by atoms with Crippen molar-refractivity contribution in [2.24, 2.45) is 0 Å². The molecule has 0 aliphatic rings. The third-order valence-electron chi connectivity index (χ3n) is 2.90. The number of halogens is 2. The van der Waals surface area contributed by atoms with Crippen molar-refractivity contribution in [1.82, 2.24) is 20.3 Å². The summed E-state index contributed by atoms with van der Waals surface area (Å²) in [5, 5.41) is 2.62. The Morgan fingerprint density at radius 2 is 2.10 bits per heavy atom. The summed E-state index contributed by atoms with van der Waals surface area (Å²) in [7, 11) is 0. The summed E-state index contributed by atoms with van der Waals surface area (Å²) < 4.78 is 25.7. The topological polar surface area (TPSA) is 70.7 Å². The Hall–Kier alpha value is -2.83. The molecule has 5 nitrogen and oxygen atoms in total. The van der Waals surface area contributed by atoms with E-state index in [4.69, 9.17) is 0 Å². The van der Waals surface area contributed by atoms with E-state index in [-0.39, 0.29) is 17.9 Å². The highest BCUT2D eigenvalue weighted by Crippen LogP contribution is 2.12. The summed E-state index contributed by atoms with van der Waals surface area (Å²) >= 11 is 0. The fourth-order valence-corrected chi connectivity index (χ4v) is 1.89. The first-order chi connectivity index (χ1) is 10.1. The number of H-pyrrole nitrogens is 1. The van der Waals surface area contributed by atoms with Crippen molar-refractivity contribution in [2.75, 3.05) is 0 Å². The zero-order valence-electron chi connectivity index (χ0n) is 10.7. The normalized spacial score (nSPS) is 10.8. The first kappa shape index (κ1) is 13.2. The van der Waals surface area contributed by atoms with Crippen LogP contribution in [-0.2, 0) is 6.54 Å². The van der Waals surface area contributed by atoms with E-state index in [1.807, 2.05) is 0 Å². The van der Waals surface area contributed by atoms with E-state index in [9.17, 15) is 13.6 Å². The zero-order valence-corrected chi connectivity index (χ0v) is 10.7. The van der Waals surface area contributed by atoms with E-state index in [1.165, 1.54) is 18.2 Å². The van der Waals surface area contributed by atoms with Crippen LogP contribution in [0, 0.1) is 11.8 Å². The van der Waals surface area contributed by atoms with Gasteiger partial charge in [-0.05, 0) is 30.3 Å². The maximum Gasteiger partial charge on any atom is 0.253 e. The smallest absolute Gasteiger partial charge is 0.253 e. The molecule has 0 radical (unpaired) electrons. The van der Waals surface area contributed by atoms with Crippen molar-refractivity contribution >= 4 is 16.9 Å². The predicted molar refractivity (Wildman–Crippen MR) is 71.4 cm³/mol. The van der Waals surface area contributed by atoms with Gasteiger partial charge in [-0.2, -0.15) is 4.39 Å². The van der Waals surface area contributed by atoms with Crippen molar-refractivity contribution < 1.29 is 13.6 Å². The first-order valence-corrected chi connectivity index (χ1v) is 6.16. The van der Waals surface area contributed by atoms with Crippen LogP contribution in [0.15, 0.2) is 36.5 Å². The molecule has 0 saturated heterocycles. The Kier molecular flexibility index (Phi) is 3.31. The van der Waals surface area contributed by atoms with Gasteiger partial charge in [0.2, 0.25) is 5.95 Å². The number of carbonyl (C=O) groups excluding carboxylic acids is 1. The number of nitrogens with zero attached hydrogens (tertiary/aromatic N) is 2. The molecule has 0 unspecified atom stereocenters. The maximum absolute atomic E-state index is 13.1. The molecular formula is C14H10F2N4O. The molecule has 3 rings (SSSR count). The molecule has 2 N–H and O–H groups in total. The zero-order chi connectivity index (χ0) is 14.8. The van der Waals surface area contributed by atoms with E-state index >= 15 is 0 Å². The lowest BCUT2D eigenvalue weighted by molar-refractivity contribution is 0.0949. The number of hydrogen-bond acceptors (Lipinski definition) is 3. The number of imidazole rings is 1. The van der Waals surface area contributed by atoms with Gasteiger partial charge in [0.05, 0.1) is 23.1 Å². The van der Waals surface area contributed by atoms with E-state index < -0.39 is 11.9 Å². The molecule has 0 aliphatic carbocycles. The van der Waals surface area contributed by atoms with Crippen molar-refractivity contribution in [1.29, 1.82) is 0 Å². The van der Waals surface area contributed by atoms with Crippen molar-refractivity contribution in [2.45, 2.75) is 6.54 Å². The summed E-state index contributed by atoms with van der Waals surface area (Å²) in [6.45, 7) is 0.145. The molecular weight excluding hydrogens is 278 g/mol. The Morgan fingerprint density at radius 3 is 2.86 bits per heavy atom. The fraction of sp³-hybridized carbons (Fsp3) is 0.0714. The number of rotatable bonds is 3. The second-order valence-electron chi connectivity index (χ2n) is 4.40. The summed E-state index contributed by atoms with van der Waals surface area (Å²) in [6.07, 6.45) is 1.15. The number of hydrogen-bond donors (Lipinski definition) is 2. The van der Waals surface area contributed by atoms with Crippen LogP contribution in [0.1, 0.15) is 16.2 Å². The van der Waals surface area contributed by atoms with Crippen LogP contribution in [0.25, 0.3) is 11.0 Å². The second-order valence-corrected chi connectivity index (χ2v) is 4.40. The van der Waals surface area contributed by atoms with Crippen molar-refractivity contribution in [3.05, 3.63) is 59.7 Å². The van der Waals surface area contributed by atoms with Gasteiger partial charge in [0.25, 0.3) is 5.91 Å². The summed E-state index contributed by atoms with van der Waals surface area (Å²) in [5.74, 6) is -0.904. The molecule has 0 spiro atoms. The van der Waals surface area contributed by atoms with Crippen LogP contribution in [0.2, 0.25) is 0 Å². The molecule has 21 heavy (non-hydrogen) atoms. The third-order valence-corrected chi connectivity index (χ3v) is 2.90. The van der Waals surface area contributed by atoms with Gasteiger partial charge in [0.1, 0.15) is 11.6 Å². The van der Waals surface area contributed by atoms with Gasteiger partial charge >= 0.3 is 0 Å². The molecule has 1 aromatic carbocycles. The Balaban J connectivity index is 1.71. The number of amides is 1. The van der Waals surface area contributed by atoms with Crippen LogP contribution in [0.5, 0.6) is 0 Å². The number of pyridine rings is 1. The number of carbonyl (C=O) groups is 1. The average Bonchev–Trinajstić information content (AvgIpc) is 2.87. The first-order valence-electron chi connectivity index (χ1n) is 6.16. The highest BCUT2D eigenvalue weighted by molar-refractivity contribution is 5.93. The third kappa shape index (κ3) is 2.86. The number of nitrogens with one attached hydrogen (secondary N) is 2. The van der Waals surface area contributed by atoms with Crippen molar-refractivity contribution in [3.63, 3.8) is 0 Å². The largest absolute Gasteiger partial charge is 0.345 e. The van der Waals surface area contributed by atoms with Crippen LogP contribution >= 0.6 is 0 Å². The van der Waals surface area contributed by atoms with Crippen LogP contribution in [0.3, 0.4) is 0 Å². The van der Waals surface area contributed by atoms with Gasteiger partial charge in [-0.1, -0.05) is 0 Å². The lowest BCUT2D eigenvalue weighted by Crippen LogP contribution is -2.23. The van der Waals surface area contributed by atoms with Gasteiger partial charge in [-0.25, -0.2) is 14.4 Å². The van der Waals surface area contributed by atoms with Gasteiger partial charge < -0.3 is 10.3 Å². The maximum atomic E-state index is 13.1. The Labute approximate surface area is 118 Å². The van der Waals surface area contributed by atoms with Crippen LogP contribution < -0.4 is 5.32 Å². The minimum atomic E-state index is -0.647. The number of benzene rings is 1. The van der Waals surface area contributed by atoms with E-state index in [1.54, 1.807) is 6.07 Å². The standard InChI is InChI=1S/C14H10F2N4O/c15-9-2-3-10-11(5-9)20-13(19-10)7-18-14(21)8-1-4-12(16)17-6-8/h1-6H,7H2,(H,18,21)(H,19,20). The minimum Gasteiger partial charge on any atom is -0.345 e. The molecule has 2 aromatic heterocycles. The fourth-order valence-electron chi connectivity index (χ4n) is 1.89. The second kappa shape index (κ2) is 5.28. The average molecular weight is 288 g/mol. The van der Waals surface area contributed by atoms with Gasteiger partial charge in [0, 0.05) is 6.20 Å². The molecule has 0 bridgehead atoms. The molecule has 0 fully saturated rings. The van der Waals surface area contributed by atoms with Crippen molar-refractivity contribution in [3.8, 4) is 0 Å². The number of aromatic nitrogens is 3. The van der Waals surface area contributed by atoms with Crippen LogP contribution in [-0.4, -0.2) is 20.9 Å².